The van der Waals surface area contributed by atoms with Gasteiger partial charge in [-0.25, -0.2) is 0 Å². The maximum atomic E-state index is 3.88. The summed E-state index contributed by atoms with van der Waals surface area (Å²) in [6, 6.07) is 0.954. The Morgan fingerprint density at radius 1 is 0.714 bits per heavy atom. The van der Waals surface area contributed by atoms with E-state index in [-0.39, 0.29) is 0 Å². The number of hydrogen-bond donors (Lipinski definition) is 1. The molecule has 0 aliphatic heterocycles. The van der Waals surface area contributed by atoms with Crippen LogP contribution >= 0.6 is 0 Å². The third-order valence-corrected chi connectivity index (χ3v) is 6.65. The van der Waals surface area contributed by atoms with Crippen LogP contribution in [0.1, 0.15) is 90.4 Å². The summed E-state index contributed by atoms with van der Waals surface area (Å²) in [5.74, 6) is 4.49. The molecule has 0 radical (unpaired) electrons. The highest BCUT2D eigenvalue weighted by atomic mass is 15.0. The van der Waals surface area contributed by atoms with Gasteiger partial charge in [-0.05, 0) is 55.9 Å². The number of rotatable bonds is 12. The van der Waals surface area contributed by atoms with Crippen LogP contribution in [-0.4, -0.2) is 12.6 Å². The summed E-state index contributed by atoms with van der Waals surface area (Å²) in [5, 5.41) is 3.88. The first-order valence-electron chi connectivity index (χ1n) is 10.1. The molecule has 0 aromatic rings. The Hall–Kier alpha value is -0.0400. The lowest BCUT2D eigenvalue weighted by Crippen LogP contribution is -2.23. The Morgan fingerprint density at radius 2 is 1.24 bits per heavy atom. The standard InChI is InChI=1S/C20H37N/c1-2-3-4-5-6-7-8-9-10-11-14-21-20-18-16-12-13-17(15-16)19(18)20/h16-21H,2-15H2,1H3. The smallest absolute Gasteiger partial charge is 0.0135 e. The van der Waals surface area contributed by atoms with Gasteiger partial charge in [-0.1, -0.05) is 64.7 Å². The Balaban J connectivity index is 1.09. The van der Waals surface area contributed by atoms with Crippen molar-refractivity contribution in [1.82, 2.24) is 5.32 Å². The molecular formula is C20H37N. The van der Waals surface area contributed by atoms with Crippen LogP contribution in [0.25, 0.3) is 0 Å². The van der Waals surface area contributed by atoms with Crippen molar-refractivity contribution < 1.29 is 0 Å². The summed E-state index contributed by atoms with van der Waals surface area (Å²) < 4.78 is 0. The molecule has 21 heavy (non-hydrogen) atoms. The molecule has 3 rings (SSSR count). The van der Waals surface area contributed by atoms with Crippen LogP contribution in [0.15, 0.2) is 0 Å². The molecule has 0 saturated heterocycles. The van der Waals surface area contributed by atoms with Crippen LogP contribution in [0.4, 0.5) is 0 Å². The minimum absolute atomic E-state index is 0.954. The second kappa shape index (κ2) is 7.99. The van der Waals surface area contributed by atoms with Crippen LogP contribution < -0.4 is 5.32 Å². The van der Waals surface area contributed by atoms with E-state index >= 15 is 0 Å². The van der Waals surface area contributed by atoms with Gasteiger partial charge in [0.15, 0.2) is 0 Å². The number of fused-ring (bicyclic) bond motifs is 5. The molecule has 0 heterocycles. The van der Waals surface area contributed by atoms with Crippen molar-refractivity contribution in [3.05, 3.63) is 0 Å². The van der Waals surface area contributed by atoms with E-state index < -0.39 is 0 Å². The minimum Gasteiger partial charge on any atom is -0.313 e. The van der Waals surface area contributed by atoms with Crippen LogP contribution in [0.5, 0.6) is 0 Å². The molecule has 1 N–H and O–H groups in total. The molecule has 0 spiro atoms. The van der Waals surface area contributed by atoms with Crippen LogP contribution in [-0.2, 0) is 0 Å². The average molecular weight is 292 g/mol. The van der Waals surface area contributed by atoms with E-state index in [4.69, 9.17) is 0 Å². The lowest BCUT2D eigenvalue weighted by Gasteiger charge is -2.10. The molecule has 2 bridgehead atoms. The van der Waals surface area contributed by atoms with Gasteiger partial charge in [-0.2, -0.15) is 0 Å². The van der Waals surface area contributed by atoms with E-state index in [0.717, 1.165) is 29.7 Å². The zero-order valence-electron chi connectivity index (χ0n) is 14.3. The number of unbranched alkanes of at least 4 members (excludes halogenated alkanes) is 9. The Kier molecular flexibility index (Phi) is 6.03. The largest absolute Gasteiger partial charge is 0.313 e. The van der Waals surface area contributed by atoms with Gasteiger partial charge < -0.3 is 5.32 Å². The molecule has 4 atom stereocenters. The molecule has 0 amide bonds. The summed E-state index contributed by atoms with van der Waals surface area (Å²) in [6.45, 7) is 3.60. The fourth-order valence-electron chi connectivity index (χ4n) is 5.48. The number of nitrogens with one attached hydrogen (secondary N) is 1. The van der Waals surface area contributed by atoms with Gasteiger partial charge in [0.1, 0.15) is 0 Å². The second-order valence-corrected chi connectivity index (χ2v) is 8.15. The molecule has 1 nitrogen and oxygen atoms in total. The van der Waals surface area contributed by atoms with Gasteiger partial charge in [0.25, 0.3) is 0 Å². The van der Waals surface area contributed by atoms with Crippen LogP contribution in [0.2, 0.25) is 0 Å². The summed E-state index contributed by atoms with van der Waals surface area (Å²) in [4.78, 5) is 0. The van der Waals surface area contributed by atoms with E-state index in [0.29, 0.717) is 0 Å². The third-order valence-electron chi connectivity index (χ3n) is 6.65. The van der Waals surface area contributed by atoms with Crippen LogP contribution in [0, 0.1) is 23.7 Å². The van der Waals surface area contributed by atoms with E-state index in [2.05, 4.69) is 12.2 Å². The monoisotopic (exact) mass is 291 g/mol. The first-order valence-corrected chi connectivity index (χ1v) is 10.1. The maximum Gasteiger partial charge on any atom is 0.0135 e. The van der Waals surface area contributed by atoms with Crippen LogP contribution in [0.3, 0.4) is 0 Å². The van der Waals surface area contributed by atoms with Gasteiger partial charge in [-0.15, -0.1) is 0 Å². The van der Waals surface area contributed by atoms with Crippen molar-refractivity contribution in [2.24, 2.45) is 23.7 Å². The lowest BCUT2D eigenvalue weighted by molar-refractivity contribution is 0.454. The molecule has 3 aliphatic carbocycles. The van der Waals surface area contributed by atoms with Gasteiger partial charge in [0.2, 0.25) is 0 Å². The summed E-state index contributed by atoms with van der Waals surface area (Å²) in [5.41, 5.74) is 0. The fourth-order valence-corrected chi connectivity index (χ4v) is 5.48. The minimum atomic E-state index is 0.954. The Labute approximate surface area is 132 Å². The van der Waals surface area contributed by atoms with Crippen molar-refractivity contribution in [3.63, 3.8) is 0 Å². The molecule has 3 fully saturated rings. The van der Waals surface area contributed by atoms with E-state index in [9.17, 15) is 0 Å². The third kappa shape index (κ3) is 4.03. The van der Waals surface area contributed by atoms with Crippen molar-refractivity contribution >= 4 is 0 Å². The number of hydrogen-bond acceptors (Lipinski definition) is 1. The van der Waals surface area contributed by atoms with E-state index in [1.165, 1.54) is 70.8 Å². The maximum absolute atomic E-state index is 3.88. The molecule has 4 unspecified atom stereocenters. The molecule has 0 aromatic heterocycles. The van der Waals surface area contributed by atoms with Gasteiger partial charge in [0.05, 0.1) is 0 Å². The molecular weight excluding hydrogens is 254 g/mol. The highest BCUT2D eigenvalue weighted by molar-refractivity contribution is 5.16. The van der Waals surface area contributed by atoms with Gasteiger partial charge in [0, 0.05) is 6.04 Å². The lowest BCUT2D eigenvalue weighted by atomic mass is 10.0. The molecule has 0 aromatic carbocycles. The van der Waals surface area contributed by atoms with Crippen molar-refractivity contribution in [2.45, 2.75) is 96.4 Å². The van der Waals surface area contributed by atoms with Crippen molar-refractivity contribution in [1.29, 1.82) is 0 Å². The molecule has 3 aliphatic rings. The summed E-state index contributed by atoms with van der Waals surface area (Å²) in [6.07, 6.45) is 19.2. The van der Waals surface area contributed by atoms with Crippen molar-refractivity contribution in [2.75, 3.05) is 6.54 Å². The first-order chi connectivity index (χ1) is 10.4. The zero-order chi connectivity index (χ0) is 14.5. The summed E-state index contributed by atoms with van der Waals surface area (Å²) in [7, 11) is 0. The highest BCUT2D eigenvalue weighted by Gasteiger charge is 2.64. The quantitative estimate of drug-likeness (QED) is 0.465. The van der Waals surface area contributed by atoms with E-state index in [1.54, 1.807) is 19.3 Å². The Morgan fingerprint density at radius 3 is 1.81 bits per heavy atom. The Bertz CT molecular complexity index is 284. The SMILES string of the molecule is CCCCCCCCCCCCNC1C2C3CCC(C3)C12. The first kappa shape index (κ1) is 15.8. The predicted molar refractivity (Wildman–Crippen MR) is 91.4 cm³/mol. The average Bonchev–Trinajstić information content (AvgIpc) is 2.89. The highest BCUT2D eigenvalue weighted by Crippen LogP contribution is 2.65. The fraction of sp³-hybridized carbons (Fsp3) is 1.00. The zero-order valence-corrected chi connectivity index (χ0v) is 14.3. The van der Waals surface area contributed by atoms with Crippen molar-refractivity contribution in [3.8, 4) is 0 Å². The van der Waals surface area contributed by atoms with E-state index in [1.807, 2.05) is 0 Å². The molecule has 1 heteroatoms. The normalized spacial score (nSPS) is 36.1. The summed E-state index contributed by atoms with van der Waals surface area (Å²) >= 11 is 0. The predicted octanol–water partition coefficient (Wildman–Crippen LogP) is 5.54. The topological polar surface area (TPSA) is 12.0 Å². The molecule has 3 saturated carbocycles. The van der Waals surface area contributed by atoms with Gasteiger partial charge >= 0.3 is 0 Å². The van der Waals surface area contributed by atoms with Gasteiger partial charge in [-0.3, -0.25) is 0 Å². The second-order valence-electron chi connectivity index (χ2n) is 8.15. The molecule has 122 valence electrons.